The van der Waals surface area contributed by atoms with Crippen molar-refractivity contribution in [1.29, 1.82) is 0 Å². The molecule has 0 aromatic heterocycles. The first-order valence-corrected chi connectivity index (χ1v) is 8.47. The molecule has 2 aliphatic heterocycles. The summed E-state index contributed by atoms with van der Waals surface area (Å²) in [7, 11) is -2.90. The maximum Gasteiger partial charge on any atom is 0.191 e. The maximum atomic E-state index is 11.7. The summed E-state index contributed by atoms with van der Waals surface area (Å²) in [6.45, 7) is 4.46. The molecule has 2 aliphatic rings. The second kappa shape index (κ2) is 5.47. The maximum absolute atomic E-state index is 11.7. The van der Waals surface area contributed by atoms with Crippen molar-refractivity contribution in [3.8, 4) is 0 Å². The predicted molar refractivity (Wildman–Crippen MR) is 73.3 cm³/mol. The minimum absolute atomic E-state index is 0.306. The Balaban J connectivity index is 1.89. The van der Waals surface area contributed by atoms with Crippen LogP contribution >= 0.6 is 0 Å². The second-order valence-corrected chi connectivity index (χ2v) is 7.90. The first-order chi connectivity index (χ1) is 8.49. The zero-order valence-electron chi connectivity index (χ0n) is 11.0. The predicted octanol–water partition coefficient (Wildman–Crippen LogP) is 0.610. The summed E-state index contributed by atoms with van der Waals surface area (Å²) in [6, 6.07) is 0. The van der Waals surface area contributed by atoms with E-state index < -0.39 is 9.84 Å². The van der Waals surface area contributed by atoms with E-state index in [2.05, 4.69) is 16.8 Å². The zero-order valence-corrected chi connectivity index (χ0v) is 11.8. The van der Waals surface area contributed by atoms with E-state index in [0.29, 0.717) is 18.3 Å². The second-order valence-electron chi connectivity index (χ2n) is 5.50. The van der Waals surface area contributed by atoms with Crippen LogP contribution in [0.1, 0.15) is 32.6 Å². The van der Waals surface area contributed by atoms with Crippen molar-refractivity contribution in [1.82, 2.24) is 4.90 Å². The molecular weight excluding hydrogens is 250 g/mol. The number of nitrogens with zero attached hydrogens (tertiary/aromatic N) is 2. The Morgan fingerprint density at radius 2 is 2.00 bits per heavy atom. The highest BCUT2D eigenvalue weighted by Crippen LogP contribution is 2.20. The average molecular weight is 273 g/mol. The van der Waals surface area contributed by atoms with Gasteiger partial charge in [-0.2, -0.15) is 0 Å². The van der Waals surface area contributed by atoms with Gasteiger partial charge in [-0.05, 0) is 31.6 Å². The highest BCUT2D eigenvalue weighted by Gasteiger charge is 2.31. The lowest BCUT2D eigenvalue weighted by atomic mass is 10.00. The molecule has 2 saturated heterocycles. The fourth-order valence-electron chi connectivity index (χ4n) is 2.60. The van der Waals surface area contributed by atoms with Crippen molar-refractivity contribution < 1.29 is 8.42 Å². The first-order valence-electron chi connectivity index (χ1n) is 6.75. The number of hydrogen-bond donors (Lipinski definition) is 1. The third-order valence-electron chi connectivity index (χ3n) is 4.03. The van der Waals surface area contributed by atoms with E-state index in [1.54, 1.807) is 0 Å². The van der Waals surface area contributed by atoms with E-state index in [9.17, 15) is 8.42 Å². The van der Waals surface area contributed by atoms with Crippen molar-refractivity contribution in [3.05, 3.63) is 0 Å². The molecule has 0 spiro atoms. The number of hydrogen-bond acceptors (Lipinski definition) is 3. The summed E-state index contributed by atoms with van der Waals surface area (Å²) in [5.74, 6) is 1.59. The fourth-order valence-corrected chi connectivity index (χ4v) is 4.33. The van der Waals surface area contributed by atoms with Crippen LogP contribution in [-0.4, -0.2) is 49.9 Å². The topological polar surface area (TPSA) is 75.8 Å². The summed E-state index contributed by atoms with van der Waals surface area (Å²) in [6.07, 6.45) is 3.77. The highest BCUT2D eigenvalue weighted by atomic mass is 32.2. The van der Waals surface area contributed by atoms with E-state index in [1.807, 2.05) is 0 Å². The van der Waals surface area contributed by atoms with E-state index in [4.69, 9.17) is 5.73 Å². The Labute approximate surface area is 109 Å². The van der Waals surface area contributed by atoms with Gasteiger partial charge in [0.25, 0.3) is 0 Å². The first kappa shape index (κ1) is 13.6. The monoisotopic (exact) mass is 273 g/mol. The van der Waals surface area contributed by atoms with Crippen LogP contribution < -0.4 is 5.73 Å². The van der Waals surface area contributed by atoms with Gasteiger partial charge in [0.1, 0.15) is 0 Å². The molecule has 18 heavy (non-hydrogen) atoms. The van der Waals surface area contributed by atoms with Crippen molar-refractivity contribution in [2.45, 2.75) is 37.9 Å². The molecule has 0 bridgehead atoms. The highest BCUT2D eigenvalue weighted by molar-refractivity contribution is 7.92. The van der Waals surface area contributed by atoms with Crippen LogP contribution in [0.4, 0.5) is 0 Å². The van der Waals surface area contributed by atoms with Gasteiger partial charge in [0.15, 0.2) is 15.8 Å². The van der Waals surface area contributed by atoms with Gasteiger partial charge in [-0.3, -0.25) is 4.99 Å². The number of piperidine rings is 1. The Hall–Kier alpha value is -0.780. The lowest BCUT2D eigenvalue weighted by molar-refractivity contribution is 0.277. The van der Waals surface area contributed by atoms with Crippen LogP contribution in [0.25, 0.3) is 0 Å². The van der Waals surface area contributed by atoms with E-state index >= 15 is 0 Å². The van der Waals surface area contributed by atoms with Gasteiger partial charge in [0, 0.05) is 13.1 Å². The molecule has 0 aromatic carbocycles. The van der Waals surface area contributed by atoms with E-state index in [-0.39, 0.29) is 5.25 Å². The van der Waals surface area contributed by atoms with E-state index in [0.717, 1.165) is 44.7 Å². The number of likely N-dealkylation sites (tertiary alicyclic amines) is 1. The van der Waals surface area contributed by atoms with Gasteiger partial charge < -0.3 is 10.6 Å². The molecule has 0 aliphatic carbocycles. The number of nitrogens with two attached hydrogens (primary N) is 1. The molecule has 0 aromatic rings. The average Bonchev–Trinajstić information content (AvgIpc) is 2.66. The van der Waals surface area contributed by atoms with Gasteiger partial charge in [-0.1, -0.05) is 6.92 Å². The zero-order chi connectivity index (χ0) is 13.2. The Kier molecular flexibility index (Phi) is 4.14. The molecule has 0 radical (unpaired) electrons. The Morgan fingerprint density at radius 1 is 1.33 bits per heavy atom. The largest absolute Gasteiger partial charge is 0.370 e. The molecule has 104 valence electrons. The van der Waals surface area contributed by atoms with Gasteiger partial charge in [0.2, 0.25) is 0 Å². The number of rotatable bonds is 2. The molecule has 1 atom stereocenters. The molecule has 2 heterocycles. The van der Waals surface area contributed by atoms with Gasteiger partial charge in [-0.15, -0.1) is 0 Å². The van der Waals surface area contributed by atoms with Crippen molar-refractivity contribution >= 4 is 15.8 Å². The van der Waals surface area contributed by atoms with Crippen LogP contribution in [-0.2, 0) is 9.84 Å². The van der Waals surface area contributed by atoms with Crippen molar-refractivity contribution in [2.75, 3.05) is 25.4 Å². The molecule has 5 nitrogen and oxygen atoms in total. The van der Waals surface area contributed by atoms with Crippen LogP contribution in [0.15, 0.2) is 4.99 Å². The molecular formula is C12H23N3O2S. The Bertz CT molecular complexity index is 411. The third kappa shape index (κ3) is 3.16. The summed E-state index contributed by atoms with van der Waals surface area (Å²) >= 11 is 0. The van der Waals surface area contributed by atoms with Crippen LogP contribution in [0, 0.1) is 5.92 Å². The standard InChI is InChI=1S/C12H23N3O2S/c1-10-4-6-15(7-5-10)12(13)14-9-11-3-2-8-18(11,16)17/h10-11H,2-9H2,1H3,(H2,13,14). The van der Waals surface area contributed by atoms with Gasteiger partial charge in [0.05, 0.1) is 17.5 Å². The minimum Gasteiger partial charge on any atom is -0.370 e. The van der Waals surface area contributed by atoms with Crippen LogP contribution in [0.3, 0.4) is 0 Å². The molecule has 2 fully saturated rings. The molecule has 6 heteroatoms. The normalized spacial score (nSPS) is 29.7. The third-order valence-corrected chi connectivity index (χ3v) is 6.29. The molecule has 1 unspecified atom stereocenters. The molecule has 0 saturated carbocycles. The van der Waals surface area contributed by atoms with Crippen molar-refractivity contribution in [3.63, 3.8) is 0 Å². The SMILES string of the molecule is CC1CCN(C(N)=NCC2CCCS2(=O)=O)CC1. The number of aliphatic imine (C=N–C) groups is 1. The van der Waals surface area contributed by atoms with Crippen molar-refractivity contribution in [2.24, 2.45) is 16.6 Å². The molecule has 2 rings (SSSR count). The number of sulfone groups is 1. The summed E-state index contributed by atoms with van der Waals surface area (Å²) in [5.41, 5.74) is 5.94. The molecule has 0 amide bonds. The molecule has 2 N–H and O–H groups in total. The van der Waals surface area contributed by atoms with Gasteiger partial charge in [-0.25, -0.2) is 8.42 Å². The summed E-state index contributed by atoms with van der Waals surface area (Å²) < 4.78 is 23.3. The van der Waals surface area contributed by atoms with Crippen LogP contribution in [0.2, 0.25) is 0 Å². The lowest BCUT2D eigenvalue weighted by Crippen LogP contribution is -2.43. The summed E-state index contributed by atoms with van der Waals surface area (Å²) in [4.78, 5) is 6.36. The number of guanidine groups is 1. The fraction of sp³-hybridized carbons (Fsp3) is 0.917. The quantitative estimate of drug-likeness (QED) is 0.591. The Morgan fingerprint density at radius 3 is 2.56 bits per heavy atom. The minimum atomic E-state index is -2.90. The van der Waals surface area contributed by atoms with E-state index in [1.165, 1.54) is 0 Å². The summed E-state index contributed by atoms with van der Waals surface area (Å²) in [5, 5.41) is -0.306. The smallest absolute Gasteiger partial charge is 0.191 e. The van der Waals surface area contributed by atoms with Gasteiger partial charge >= 0.3 is 0 Å². The van der Waals surface area contributed by atoms with Crippen LogP contribution in [0.5, 0.6) is 0 Å². The lowest BCUT2D eigenvalue weighted by Gasteiger charge is -2.31.